The van der Waals surface area contributed by atoms with Gasteiger partial charge in [-0.25, -0.2) is 4.68 Å². The highest BCUT2D eigenvalue weighted by Crippen LogP contribution is 2.40. The SMILES string of the molecule is COc1ccccc1[C@H]1C[C@@H](c2ccc(Br)cc2)Nc2nc(N)nn21. The number of anilines is 2. The maximum absolute atomic E-state index is 5.85. The molecule has 0 saturated heterocycles. The van der Waals surface area contributed by atoms with E-state index in [1.807, 2.05) is 35.0 Å². The summed E-state index contributed by atoms with van der Waals surface area (Å²) in [5.41, 5.74) is 8.11. The number of rotatable bonds is 3. The molecule has 128 valence electrons. The molecule has 3 N–H and O–H groups in total. The lowest BCUT2D eigenvalue weighted by atomic mass is 9.93. The summed E-state index contributed by atoms with van der Waals surface area (Å²) in [7, 11) is 1.68. The lowest BCUT2D eigenvalue weighted by Gasteiger charge is -2.32. The molecule has 0 aliphatic carbocycles. The van der Waals surface area contributed by atoms with Crippen LogP contribution in [-0.4, -0.2) is 21.9 Å². The summed E-state index contributed by atoms with van der Waals surface area (Å²) < 4.78 is 8.46. The van der Waals surface area contributed by atoms with Gasteiger partial charge in [-0.3, -0.25) is 0 Å². The number of ether oxygens (including phenoxy) is 1. The smallest absolute Gasteiger partial charge is 0.241 e. The summed E-state index contributed by atoms with van der Waals surface area (Å²) >= 11 is 3.49. The van der Waals surface area contributed by atoms with Crippen molar-refractivity contribution in [2.24, 2.45) is 0 Å². The van der Waals surface area contributed by atoms with Crippen LogP contribution in [0.5, 0.6) is 5.75 Å². The average molecular weight is 400 g/mol. The Balaban J connectivity index is 1.78. The Hall–Kier alpha value is -2.54. The van der Waals surface area contributed by atoms with Crippen molar-refractivity contribution < 1.29 is 4.74 Å². The number of methoxy groups -OCH3 is 1. The number of hydrogen-bond acceptors (Lipinski definition) is 5. The van der Waals surface area contributed by atoms with E-state index in [1.54, 1.807) is 7.11 Å². The monoisotopic (exact) mass is 399 g/mol. The summed E-state index contributed by atoms with van der Waals surface area (Å²) in [5, 5.41) is 7.83. The molecule has 2 heterocycles. The molecule has 6 nitrogen and oxygen atoms in total. The third-order valence-electron chi connectivity index (χ3n) is 4.48. The summed E-state index contributed by atoms with van der Waals surface area (Å²) in [6.07, 6.45) is 0.817. The fraction of sp³-hybridized carbons (Fsp3) is 0.222. The number of para-hydroxylation sites is 1. The molecular weight excluding hydrogens is 382 g/mol. The van der Waals surface area contributed by atoms with Crippen molar-refractivity contribution in [2.75, 3.05) is 18.2 Å². The van der Waals surface area contributed by atoms with Gasteiger partial charge in [0.25, 0.3) is 0 Å². The summed E-state index contributed by atoms with van der Waals surface area (Å²) in [5.74, 6) is 1.77. The third-order valence-corrected chi connectivity index (χ3v) is 5.00. The van der Waals surface area contributed by atoms with E-state index in [4.69, 9.17) is 10.5 Å². The molecule has 1 aliphatic rings. The molecule has 7 heteroatoms. The molecule has 1 aromatic heterocycles. The van der Waals surface area contributed by atoms with Crippen LogP contribution >= 0.6 is 15.9 Å². The molecule has 0 unspecified atom stereocenters. The molecule has 0 fully saturated rings. The normalized spacial score (nSPS) is 19.1. The van der Waals surface area contributed by atoms with Crippen LogP contribution in [0.4, 0.5) is 11.9 Å². The van der Waals surface area contributed by atoms with Crippen molar-refractivity contribution in [3.63, 3.8) is 0 Å². The highest BCUT2D eigenvalue weighted by Gasteiger charge is 2.32. The van der Waals surface area contributed by atoms with Gasteiger partial charge in [-0.2, -0.15) is 4.98 Å². The molecule has 0 saturated carbocycles. The quantitative estimate of drug-likeness (QED) is 0.700. The second-order valence-corrected chi connectivity index (χ2v) is 6.90. The van der Waals surface area contributed by atoms with Crippen LogP contribution in [0.1, 0.15) is 29.6 Å². The van der Waals surface area contributed by atoms with Crippen molar-refractivity contribution in [1.82, 2.24) is 14.8 Å². The Morgan fingerprint density at radius 1 is 1.20 bits per heavy atom. The Labute approximate surface area is 154 Å². The van der Waals surface area contributed by atoms with Gasteiger partial charge >= 0.3 is 0 Å². The third kappa shape index (κ3) is 2.95. The van der Waals surface area contributed by atoms with Crippen LogP contribution in [0.15, 0.2) is 53.0 Å². The summed E-state index contributed by atoms with van der Waals surface area (Å²) in [4.78, 5) is 4.34. The van der Waals surface area contributed by atoms with Gasteiger partial charge in [0.1, 0.15) is 5.75 Å². The molecule has 25 heavy (non-hydrogen) atoms. The van der Waals surface area contributed by atoms with E-state index in [9.17, 15) is 0 Å². The van der Waals surface area contributed by atoms with Gasteiger partial charge in [0.15, 0.2) is 0 Å². The zero-order valence-corrected chi connectivity index (χ0v) is 15.3. The molecular formula is C18H18BrN5O. The average Bonchev–Trinajstić information content (AvgIpc) is 3.01. The fourth-order valence-corrected chi connectivity index (χ4v) is 3.57. The van der Waals surface area contributed by atoms with E-state index in [0.29, 0.717) is 5.95 Å². The zero-order chi connectivity index (χ0) is 17.4. The Kier molecular flexibility index (Phi) is 4.09. The Morgan fingerprint density at radius 2 is 1.96 bits per heavy atom. The molecule has 4 rings (SSSR count). The standard InChI is InChI=1S/C18H18BrN5O/c1-25-16-5-3-2-4-13(16)15-10-14(11-6-8-12(19)9-7-11)21-18-22-17(20)23-24(15)18/h2-9,14-15H,10H2,1H3,(H3,20,21,22,23)/t14-,15+/m0/s1. The van der Waals surface area contributed by atoms with Gasteiger partial charge in [-0.1, -0.05) is 46.3 Å². The summed E-state index contributed by atoms with van der Waals surface area (Å²) in [6.45, 7) is 0. The number of nitrogens with two attached hydrogens (primary N) is 1. The number of halogens is 1. The lowest BCUT2D eigenvalue weighted by molar-refractivity contribution is 0.380. The number of nitrogens with one attached hydrogen (secondary N) is 1. The second kappa shape index (κ2) is 6.40. The largest absolute Gasteiger partial charge is 0.496 e. The minimum absolute atomic E-state index is 0.00848. The molecule has 2 aromatic carbocycles. The number of aromatic nitrogens is 3. The van der Waals surface area contributed by atoms with E-state index in [2.05, 4.69) is 49.5 Å². The van der Waals surface area contributed by atoms with Crippen molar-refractivity contribution in [3.8, 4) is 5.75 Å². The van der Waals surface area contributed by atoms with E-state index in [1.165, 1.54) is 5.56 Å². The zero-order valence-electron chi connectivity index (χ0n) is 13.7. The van der Waals surface area contributed by atoms with Gasteiger partial charge in [-0.15, -0.1) is 5.10 Å². The van der Waals surface area contributed by atoms with E-state index in [0.717, 1.165) is 22.2 Å². The summed E-state index contributed by atoms with van der Waals surface area (Å²) in [6, 6.07) is 16.4. The van der Waals surface area contributed by atoms with Crippen LogP contribution in [0, 0.1) is 0 Å². The highest BCUT2D eigenvalue weighted by molar-refractivity contribution is 9.10. The van der Waals surface area contributed by atoms with Gasteiger partial charge in [0, 0.05) is 10.0 Å². The minimum Gasteiger partial charge on any atom is -0.496 e. The first-order valence-electron chi connectivity index (χ1n) is 8.02. The highest BCUT2D eigenvalue weighted by atomic mass is 79.9. The van der Waals surface area contributed by atoms with Crippen LogP contribution in [0.2, 0.25) is 0 Å². The molecule has 1 aliphatic heterocycles. The van der Waals surface area contributed by atoms with Crippen molar-refractivity contribution in [3.05, 3.63) is 64.1 Å². The molecule has 0 spiro atoms. The van der Waals surface area contributed by atoms with Crippen LogP contribution in [0.3, 0.4) is 0 Å². The van der Waals surface area contributed by atoms with Gasteiger partial charge in [0.2, 0.25) is 11.9 Å². The van der Waals surface area contributed by atoms with Gasteiger partial charge < -0.3 is 15.8 Å². The first-order valence-corrected chi connectivity index (χ1v) is 8.82. The molecule has 2 atom stereocenters. The van der Waals surface area contributed by atoms with Crippen LogP contribution in [-0.2, 0) is 0 Å². The number of nitrogens with zero attached hydrogens (tertiary/aromatic N) is 3. The van der Waals surface area contributed by atoms with Gasteiger partial charge in [0.05, 0.1) is 19.2 Å². The van der Waals surface area contributed by atoms with Crippen molar-refractivity contribution in [2.45, 2.75) is 18.5 Å². The lowest BCUT2D eigenvalue weighted by Crippen LogP contribution is -2.28. The van der Waals surface area contributed by atoms with Crippen molar-refractivity contribution in [1.29, 1.82) is 0 Å². The second-order valence-electron chi connectivity index (χ2n) is 5.98. The maximum Gasteiger partial charge on any atom is 0.241 e. The minimum atomic E-state index is -0.00848. The van der Waals surface area contributed by atoms with E-state index >= 15 is 0 Å². The Morgan fingerprint density at radius 3 is 2.72 bits per heavy atom. The maximum atomic E-state index is 5.85. The fourth-order valence-electron chi connectivity index (χ4n) is 3.31. The molecule has 3 aromatic rings. The van der Waals surface area contributed by atoms with Crippen LogP contribution in [0.25, 0.3) is 0 Å². The van der Waals surface area contributed by atoms with Gasteiger partial charge in [-0.05, 0) is 30.2 Å². The predicted octanol–water partition coefficient (Wildman–Crippen LogP) is 3.78. The Bertz CT molecular complexity index is 893. The van der Waals surface area contributed by atoms with Crippen LogP contribution < -0.4 is 15.8 Å². The topological polar surface area (TPSA) is 78.0 Å². The van der Waals surface area contributed by atoms with E-state index < -0.39 is 0 Å². The van der Waals surface area contributed by atoms with Crippen molar-refractivity contribution >= 4 is 27.8 Å². The number of benzene rings is 2. The first kappa shape index (κ1) is 16.0. The first-order chi connectivity index (χ1) is 12.2. The van der Waals surface area contributed by atoms with E-state index in [-0.39, 0.29) is 18.0 Å². The molecule has 0 bridgehead atoms. The molecule has 0 amide bonds. The number of hydrogen-bond donors (Lipinski definition) is 2. The number of fused-ring (bicyclic) bond motifs is 1. The number of nitrogen functional groups attached to an aromatic ring is 1. The molecule has 0 radical (unpaired) electrons. The predicted molar refractivity (Wildman–Crippen MR) is 101 cm³/mol.